The molecule has 108 valence electrons. The summed E-state index contributed by atoms with van der Waals surface area (Å²) >= 11 is 0. The molecule has 0 bridgehead atoms. The highest BCUT2D eigenvalue weighted by Gasteiger charge is 2.11. The summed E-state index contributed by atoms with van der Waals surface area (Å²) in [6, 6.07) is 16.0. The van der Waals surface area contributed by atoms with Gasteiger partial charge in [-0.15, -0.1) is 0 Å². The molecule has 2 aromatic carbocycles. The maximum absolute atomic E-state index is 5.88. The van der Waals surface area contributed by atoms with Crippen molar-refractivity contribution in [1.82, 2.24) is 15.0 Å². The summed E-state index contributed by atoms with van der Waals surface area (Å²) in [5.41, 5.74) is 5.27. The first kappa shape index (κ1) is 12.3. The Morgan fingerprint density at radius 2 is 1.57 bits per heavy atom. The van der Waals surface area contributed by atoms with E-state index in [1.54, 1.807) is 18.6 Å². The summed E-state index contributed by atoms with van der Waals surface area (Å²) in [4.78, 5) is 13.3. The van der Waals surface area contributed by atoms with Crippen molar-refractivity contribution in [2.24, 2.45) is 0 Å². The molecule has 0 atom stereocenters. The highest BCUT2D eigenvalue weighted by molar-refractivity contribution is 6.06. The van der Waals surface area contributed by atoms with Crippen LogP contribution in [0.2, 0.25) is 0 Å². The van der Waals surface area contributed by atoms with Gasteiger partial charge in [-0.25, -0.2) is 0 Å². The Balaban J connectivity index is 1.84. The van der Waals surface area contributed by atoms with Gasteiger partial charge >= 0.3 is 0 Å². The van der Waals surface area contributed by atoms with Crippen LogP contribution >= 0.6 is 0 Å². The van der Waals surface area contributed by atoms with E-state index in [-0.39, 0.29) is 0 Å². The van der Waals surface area contributed by atoms with E-state index in [1.807, 2.05) is 36.4 Å². The van der Waals surface area contributed by atoms with Gasteiger partial charge in [0.2, 0.25) is 0 Å². The molecule has 0 saturated heterocycles. The van der Waals surface area contributed by atoms with E-state index in [9.17, 15) is 0 Å². The zero-order chi connectivity index (χ0) is 15.2. The lowest BCUT2D eigenvalue weighted by Crippen LogP contribution is -1.90. The summed E-state index contributed by atoms with van der Waals surface area (Å²) in [6.07, 6.45) is 5.15. The number of nitrogens with zero attached hydrogens (tertiary/aromatic N) is 3. The van der Waals surface area contributed by atoms with Crippen LogP contribution in [0.4, 0.5) is 0 Å². The lowest BCUT2D eigenvalue weighted by Gasteiger charge is -2.04. The fourth-order valence-corrected chi connectivity index (χ4v) is 2.98. The molecular formula is C19H11N3O. The minimum Gasteiger partial charge on any atom is -0.456 e. The van der Waals surface area contributed by atoms with Crippen LogP contribution in [0.5, 0.6) is 0 Å². The van der Waals surface area contributed by atoms with Crippen molar-refractivity contribution in [3.63, 3.8) is 0 Å². The third-order valence-corrected chi connectivity index (χ3v) is 4.04. The van der Waals surface area contributed by atoms with E-state index in [1.165, 1.54) is 0 Å². The minimum absolute atomic E-state index is 0.808. The molecule has 5 aromatic rings. The zero-order valence-electron chi connectivity index (χ0n) is 12.1. The summed E-state index contributed by atoms with van der Waals surface area (Å²) in [6.45, 7) is 0. The van der Waals surface area contributed by atoms with Crippen LogP contribution in [-0.2, 0) is 0 Å². The molecule has 0 saturated carbocycles. The lowest BCUT2D eigenvalue weighted by molar-refractivity contribution is 0.669. The summed E-state index contributed by atoms with van der Waals surface area (Å²) in [7, 11) is 0. The van der Waals surface area contributed by atoms with Gasteiger partial charge in [-0.05, 0) is 30.3 Å². The molecule has 0 amide bonds. The Labute approximate surface area is 131 Å². The molecule has 0 aliphatic carbocycles. The minimum atomic E-state index is 0.808. The average molecular weight is 297 g/mol. The highest BCUT2D eigenvalue weighted by atomic mass is 16.3. The van der Waals surface area contributed by atoms with Gasteiger partial charge in [-0.2, -0.15) is 0 Å². The molecule has 3 aromatic heterocycles. The van der Waals surface area contributed by atoms with Gasteiger partial charge in [0.25, 0.3) is 0 Å². The molecule has 0 radical (unpaired) electrons. The van der Waals surface area contributed by atoms with Gasteiger partial charge in [0, 0.05) is 34.9 Å². The summed E-state index contributed by atoms with van der Waals surface area (Å²) in [5, 5.41) is 2.19. The van der Waals surface area contributed by atoms with Gasteiger partial charge < -0.3 is 4.42 Å². The Morgan fingerprint density at radius 3 is 2.57 bits per heavy atom. The first-order valence-electron chi connectivity index (χ1n) is 7.37. The topological polar surface area (TPSA) is 51.8 Å². The van der Waals surface area contributed by atoms with Crippen LogP contribution in [0.1, 0.15) is 0 Å². The fourth-order valence-electron chi connectivity index (χ4n) is 2.98. The Kier molecular flexibility index (Phi) is 2.46. The van der Waals surface area contributed by atoms with Crippen LogP contribution in [-0.4, -0.2) is 15.0 Å². The highest BCUT2D eigenvalue weighted by Crippen LogP contribution is 2.33. The molecule has 0 N–H and O–H groups in total. The van der Waals surface area contributed by atoms with Crippen LogP contribution in [0, 0.1) is 0 Å². The number of pyridine rings is 1. The Bertz CT molecular complexity index is 1170. The van der Waals surface area contributed by atoms with Gasteiger partial charge in [0.1, 0.15) is 16.7 Å². The molecule has 4 heteroatoms. The lowest BCUT2D eigenvalue weighted by atomic mass is 10.1. The van der Waals surface area contributed by atoms with Crippen LogP contribution in [0.3, 0.4) is 0 Å². The van der Waals surface area contributed by atoms with Gasteiger partial charge in [-0.1, -0.05) is 18.2 Å². The number of benzene rings is 2. The summed E-state index contributed by atoms with van der Waals surface area (Å²) in [5.74, 6) is 0. The fraction of sp³-hybridized carbons (Fsp3) is 0. The number of furan rings is 1. The molecule has 0 aliphatic heterocycles. The molecule has 23 heavy (non-hydrogen) atoms. The molecule has 0 spiro atoms. The van der Waals surface area contributed by atoms with E-state index < -0.39 is 0 Å². The van der Waals surface area contributed by atoms with Crippen molar-refractivity contribution in [3.05, 3.63) is 67.1 Å². The number of fused-ring (bicyclic) bond motifs is 4. The van der Waals surface area contributed by atoms with Gasteiger partial charge in [0.15, 0.2) is 0 Å². The number of aromatic nitrogens is 3. The van der Waals surface area contributed by atoms with E-state index in [4.69, 9.17) is 4.42 Å². The SMILES string of the molecule is c1ccc2c(c1)oc1ccc(-c3nccc4nccnc34)cc12. The van der Waals surface area contributed by atoms with Crippen molar-refractivity contribution in [2.45, 2.75) is 0 Å². The van der Waals surface area contributed by atoms with Crippen LogP contribution in [0.25, 0.3) is 44.2 Å². The molecule has 0 unspecified atom stereocenters. The van der Waals surface area contributed by atoms with Gasteiger partial charge in [-0.3, -0.25) is 15.0 Å². The van der Waals surface area contributed by atoms with Crippen LogP contribution < -0.4 is 0 Å². The molecule has 5 rings (SSSR count). The predicted octanol–water partition coefficient (Wildman–Crippen LogP) is 4.59. The van der Waals surface area contributed by atoms with Crippen molar-refractivity contribution in [1.29, 1.82) is 0 Å². The third kappa shape index (κ3) is 1.82. The maximum Gasteiger partial charge on any atom is 0.135 e. The largest absolute Gasteiger partial charge is 0.456 e. The van der Waals surface area contributed by atoms with Crippen molar-refractivity contribution < 1.29 is 4.42 Å². The predicted molar refractivity (Wildman–Crippen MR) is 90.0 cm³/mol. The second-order valence-corrected chi connectivity index (χ2v) is 5.39. The average Bonchev–Trinajstić information content (AvgIpc) is 2.99. The monoisotopic (exact) mass is 297 g/mol. The standard InChI is InChI=1S/C19H11N3O/c1-2-4-16-13(3-1)14-11-12(5-6-17(14)23-16)18-19-15(7-8-21-18)20-9-10-22-19/h1-11H. The van der Waals surface area contributed by atoms with Gasteiger partial charge in [0.05, 0.1) is 11.2 Å². The van der Waals surface area contributed by atoms with Crippen molar-refractivity contribution in [2.75, 3.05) is 0 Å². The first-order chi connectivity index (χ1) is 11.4. The second-order valence-electron chi connectivity index (χ2n) is 5.39. The van der Waals surface area contributed by atoms with E-state index >= 15 is 0 Å². The van der Waals surface area contributed by atoms with Crippen molar-refractivity contribution in [3.8, 4) is 11.3 Å². The summed E-state index contributed by atoms with van der Waals surface area (Å²) < 4.78 is 5.88. The Morgan fingerprint density at radius 1 is 0.696 bits per heavy atom. The molecule has 3 heterocycles. The number of hydrogen-bond donors (Lipinski definition) is 0. The van der Waals surface area contributed by atoms with E-state index in [2.05, 4.69) is 27.1 Å². The van der Waals surface area contributed by atoms with E-state index in [0.29, 0.717) is 0 Å². The smallest absolute Gasteiger partial charge is 0.135 e. The number of para-hydroxylation sites is 1. The number of hydrogen-bond acceptors (Lipinski definition) is 4. The van der Waals surface area contributed by atoms with Crippen LogP contribution in [0.15, 0.2) is 71.5 Å². The molecule has 0 fully saturated rings. The molecule has 0 aliphatic rings. The quantitative estimate of drug-likeness (QED) is 0.454. The normalized spacial score (nSPS) is 11.5. The molecular weight excluding hydrogens is 286 g/mol. The molecule has 4 nitrogen and oxygen atoms in total. The number of rotatable bonds is 1. The first-order valence-corrected chi connectivity index (χ1v) is 7.37. The maximum atomic E-state index is 5.88. The Hall–Kier alpha value is -3.27. The zero-order valence-corrected chi connectivity index (χ0v) is 12.1. The van der Waals surface area contributed by atoms with Crippen molar-refractivity contribution >= 4 is 33.0 Å². The second kappa shape index (κ2) is 4.61. The van der Waals surface area contributed by atoms with E-state index in [0.717, 1.165) is 44.2 Å². The third-order valence-electron chi connectivity index (χ3n) is 4.04.